The molecular weight excluding hydrogens is 279 g/mol. The highest BCUT2D eigenvalue weighted by atomic mass is 35.5. The standard InChI is InChI=1S/C6HCl5O.H3N/c7-1-2(8)4(10)6(12)5(11)3(1)9;/h12H;1H3. The molecule has 13 heavy (non-hydrogen) atoms. The average molecular weight is 283 g/mol. The van der Waals surface area contributed by atoms with Crippen molar-refractivity contribution in [2.45, 2.75) is 0 Å². The lowest BCUT2D eigenvalue weighted by atomic mass is 10.3. The van der Waals surface area contributed by atoms with Crippen LogP contribution in [0.4, 0.5) is 0 Å². The van der Waals surface area contributed by atoms with Crippen LogP contribution in [-0.2, 0) is 0 Å². The largest absolute Gasteiger partial charge is 0.505 e. The summed E-state index contributed by atoms with van der Waals surface area (Å²) in [7, 11) is 0. The normalized spacial score (nSPS) is 9.62. The highest BCUT2D eigenvalue weighted by molar-refractivity contribution is 6.55. The number of phenolic OH excluding ortho intramolecular Hbond substituents is 1. The van der Waals surface area contributed by atoms with Crippen molar-refractivity contribution < 1.29 is 5.11 Å². The third kappa shape index (κ3) is 2.27. The van der Waals surface area contributed by atoms with Gasteiger partial charge in [0.15, 0.2) is 5.75 Å². The smallest absolute Gasteiger partial charge is 0.155 e. The Balaban J connectivity index is 0.00000144. The molecule has 2 nitrogen and oxygen atoms in total. The van der Waals surface area contributed by atoms with Crippen molar-refractivity contribution in [1.82, 2.24) is 6.15 Å². The Labute approximate surface area is 99.9 Å². The molecule has 1 rings (SSSR count). The second-order valence-corrected chi connectivity index (χ2v) is 3.81. The Kier molecular flexibility index (Phi) is 4.94. The fourth-order valence-electron chi connectivity index (χ4n) is 0.593. The van der Waals surface area contributed by atoms with Crippen LogP contribution in [0.3, 0.4) is 0 Å². The molecule has 4 N–H and O–H groups in total. The van der Waals surface area contributed by atoms with Crippen molar-refractivity contribution in [3.8, 4) is 5.75 Å². The highest BCUT2D eigenvalue weighted by Crippen LogP contribution is 2.47. The van der Waals surface area contributed by atoms with Gasteiger partial charge in [0.25, 0.3) is 0 Å². The maximum absolute atomic E-state index is 9.20. The minimum Gasteiger partial charge on any atom is -0.505 e. The van der Waals surface area contributed by atoms with Gasteiger partial charge in [-0.3, -0.25) is 0 Å². The Morgan fingerprint density at radius 3 is 1.15 bits per heavy atom. The van der Waals surface area contributed by atoms with Crippen molar-refractivity contribution >= 4 is 58.0 Å². The van der Waals surface area contributed by atoms with Gasteiger partial charge in [-0.2, -0.15) is 0 Å². The molecule has 0 aromatic heterocycles. The average Bonchev–Trinajstić information content (AvgIpc) is 2.08. The van der Waals surface area contributed by atoms with E-state index in [0.717, 1.165) is 0 Å². The SMILES string of the molecule is N.Oc1c(Cl)c(Cl)c(Cl)c(Cl)c1Cl. The quantitative estimate of drug-likeness (QED) is 0.529. The van der Waals surface area contributed by atoms with E-state index in [1.54, 1.807) is 0 Å². The molecule has 0 unspecified atom stereocenters. The minimum absolute atomic E-state index is 0. The first-order valence-electron chi connectivity index (χ1n) is 2.67. The monoisotopic (exact) mass is 281 g/mol. The summed E-state index contributed by atoms with van der Waals surface area (Å²) in [6.07, 6.45) is 0. The number of halogens is 5. The number of aromatic hydroxyl groups is 1. The lowest BCUT2D eigenvalue weighted by Gasteiger charge is -2.06. The second kappa shape index (κ2) is 4.78. The van der Waals surface area contributed by atoms with Gasteiger partial charge in [0.1, 0.15) is 10.0 Å². The summed E-state index contributed by atoms with van der Waals surface area (Å²) in [5, 5.41) is 9.01. The van der Waals surface area contributed by atoms with Crippen LogP contribution in [0, 0.1) is 0 Å². The minimum atomic E-state index is -0.363. The van der Waals surface area contributed by atoms with E-state index in [9.17, 15) is 5.11 Å². The zero-order valence-corrected chi connectivity index (χ0v) is 9.82. The molecular formula is C6H4Cl5NO. The van der Waals surface area contributed by atoms with Crippen LogP contribution in [0.1, 0.15) is 0 Å². The van der Waals surface area contributed by atoms with Gasteiger partial charge in [0, 0.05) is 0 Å². The highest BCUT2D eigenvalue weighted by Gasteiger charge is 2.17. The Bertz CT molecular complexity index is 235. The van der Waals surface area contributed by atoms with Crippen LogP contribution in [0.5, 0.6) is 5.75 Å². The van der Waals surface area contributed by atoms with Crippen LogP contribution in [0.15, 0.2) is 0 Å². The summed E-state index contributed by atoms with van der Waals surface area (Å²) >= 11 is 27.9. The second-order valence-electron chi connectivity index (χ2n) is 1.92. The van der Waals surface area contributed by atoms with Gasteiger partial charge in [0.2, 0.25) is 0 Å². The first-order chi connectivity index (χ1) is 5.46. The van der Waals surface area contributed by atoms with Gasteiger partial charge in [-0.25, -0.2) is 0 Å². The number of phenols is 1. The first-order valence-corrected chi connectivity index (χ1v) is 4.56. The molecule has 0 aliphatic rings. The van der Waals surface area contributed by atoms with E-state index in [1.165, 1.54) is 0 Å². The van der Waals surface area contributed by atoms with E-state index in [2.05, 4.69) is 0 Å². The summed E-state index contributed by atoms with van der Waals surface area (Å²) in [6.45, 7) is 0. The van der Waals surface area contributed by atoms with Gasteiger partial charge in [0.05, 0.1) is 15.1 Å². The zero-order valence-electron chi connectivity index (χ0n) is 6.04. The molecule has 0 aliphatic carbocycles. The zero-order chi connectivity index (χ0) is 9.46. The molecule has 74 valence electrons. The number of rotatable bonds is 0. The molecule has 0 amide bonds. The topological polar surface area (TPSA) is 55.2 Å². The molecule has 0 atom stereocenters. The maximum atomic E-state index is 9.20. The fraction of sp³-hybridized carbons (Fsp3) is 0. The van der Waals surface area contributed by atoms with Gasteiger partial charge in [-0.05, 0) is 0 Å². The molecule has 1 aromatic rings. The molecule has 0 spiro atoms. The van der Waals surface area contributed by atoms with E-state index in [-0.39, 0.29) is 37.0 Å². The third-order valence-corrected chi connectivity index (χ3v) is 3.44. The lowest BCUT2D eigenvalue weighted by molar-refractivity contribution is 0.476. The molecule has 0 radical (unpaired) electrons. The molecule has 0 heterocycles. The predicted octanol–water partition coefficient (Wildman–Crippen LogP) is 4.82. The molecule has 1 aromatic carbocycles. The van der Waals surface area contributed by atoms with Crippen LogP contribution >= 0.6 is 58.0 Å². The molecule has 0 saturated heterocycles. The predicted molar refractivity (Wildman–Crippen MR) is 58.2 cm³/mol. The molecule has 0 saturated carbocycles. The molecule has 0 fully saturated rings. The fourth-order valence-corrected chi connectivity index (χ4v) is 1.72. The Hall–Kier alpha value is 0.430. The summed E-state index contributed by atoms with van der Waals surface area (Å²) in [5.74, 6) is -0.363. The summed E-state index contributed by atoms with van der Waals surface area (Å²) in [5.41, 5.74) is 0. The van der Waals surface area contributed by atoms with Gasteiger partial charge < -0.3 is 11.3 Å². The first kappa shape index (κ1) is 13.4. The van der Waals surface area contributed by atoms with Crippen LogP contribution in [0.2, 0.25) is 25.1 Å². The van der Waals surface area contributed by atoms with Gasteiger partial charge in [-0.15, -0.1) is 0 Å². The van der Waals surface area contributed by atoms with E-state index in [1.807, 2.05) is 0 Å². The summed E-state index contributed by atoms with van der Waals surface area (Å²) < 4.78 is 0. The Morgan fingerprint density at radius 1 is 0.615 bits per heavy atom. The number of hydrogen-bond acceptors (Lipinski definition) is 2. The Morgan fingerprint density at radius 2 is 0.846 bits per heavy atom. The molecule has 0 bridgehead atoms. The van der Waals surface area contributed by atoms with E-state index in [0.29, 0.717) is 0 Å². The third-order valence-electron chi connectivity index (χ3n) is 1.19. The van der Waals surface area contributed by atoms with Crippen LogP contribution in [0.25, 0.3) is 0 Å². The molecule has 7 heteroatoms. The number of benzene rings is 1. The lowest BCUT2D eigenvalue weighted by Crippen LogP contribution is -1.78. The van der Waals surface area contributed by atoms with Crippen molar-refractivity contribution in [2.75, 3.05) is 0 Å². The van der Waals surface area contributed by atoms with Gasteiger partial charge in [-0.1, -0.05) is 58.0 Å². The van der Waals surface area contributed by atoms with Crippen molar-refractivity contribution in [2.24, 2.45) is 0 Å². The van der Waals surface area contributed by atoms with Crippen molar-refractivity contribution in [1.29, 1.82) is 0 Å². The van der Waals surface area contributed by atoms with E-state index in [4.69, 9.17) is 58.0 Å². The maximum Gasteiger partial charge on any atom is 0.155 e. The van der Waals surface area contributed by atoms with E-state index >= 15 is 0 Å². The van der Waals surface area contributed by atoms with E-state index < -0.39 is 0 Å². The van der Waals surface area contributed by atoms with Crippen molar-refractivity contribution in [3.63, 3.8) is 0 Å². The van der Waals surface area contributed by atoms with Crippen LogP contribution in [-0.4, -0.2) is 5.11 Å². The van der Waals surface area contributed by atoms with Crippen molar-refractivity contribution in [3.05, 3.63) is 25.1 Å². The van der Waals surface area contributed by atoms with Crippen LogP contribution < -0.4 is 6.15 Å². The summed E-state index contributed by atoms with van der Waals surface area (Å²) in [6, 6.07) is 0. The summed E-state index contributed by atoms with van der Waals surface area (Å²) in [4.78, 5) is 0. The van der Waals surface area contributed by atoms with Gasteiger partial charge >= 0.3 is 0 Å². The number of hydrogen-bond donors (Lipinski definition) is 2. The molecule has 0 aliphatic heterocycles.